The third-order valence-corrected chi connectivity index (χ3v) is 6.85. The van der Waals surface area contributed by atoms with Gasteiger partial charge in [-0.05, 0) is 24.3 Å². The summed E-state index contributed by atoms with van der Waals surface area (Å²) in [4.78, 5) is 41.2. The number of rotatable bonds is 6. The first-order valence-electron chi connectivity index (χ1n) is 10.4. The van der Waals surface area contributed by atoms with Crippen molar-refractivity contribution >= 4 is 51.7 Å². The number of fused-ring (bicyclic) bond motifs is 2. The van der Waals surface area contributed by atoms with E-state index in [9.17, 15) is 19.7 Å². The van der Waals surface area contributed by atoms with E-state index < -0.39 is 11.0 Å². The Labute approximate surface area is 206 Å². The summed E-state index contributed by atoms with van der Waals surface area (Å²) in [6.07, 6.45) is 1.47. The maximum atomic E-state index is 13.3. The monoisotopic (exact) mass is 512 g/mol. The molecular weight excluding hydrogens is 496 g/mol. The molecule has 2 aromatic heterocycles. The number of ether oxygens (including phenoxy) is 1. The van der Waals surface area contributed by atoms with Gasteiger partial charge in [-0.3, -0.25) is 24.3 Å². The highest BCUT2D eigenvalue weighted by Crippen LogP contribution is 2.34. The van der Waals surface area contributed by atoms with Crippen molar-refractivity contribution in [2.75, 3.05) is 18.2 Å². The summed E-state index contributed by atoms with van der Waals surface area (Å²) in [6.45, 7) is 0. The summed E-state index contributed by atoms with van der Waals surface area (Å²) in [6, 6.07) is 10.6. The molecule has 0 bridgehead atoms. The van der Waals surface area contributed by atoms with Gasteiger partial charge >= 0.3 is 0 Å². The van der Waals surface area contributed by atoms with E-state index in [0.717, 1.165) is 0 Å². The van der Waals surface area contributed by atoms with Gasteiger partial charge in [-0.2, -0.15) is 5.10 Å². The number of amides is 1. The highest BCUT2D eigenvalue weighted by Gasteiger charge is 2.30. The molecule has 4 aromatic rings. The fourth-order valence-electron chi connectivity index (χ4n) is 3.89. The Morgan fingerprint density at radius 2 is 2.17 bits per heavy atom. The molecule has 178 valence electrons. The molecule has 2 aromatic carbocycles. The topological polar surface area (TPSA) is 134 Å². The van der Waals surface area contributed by atoms with Crippen molar-refractivity contribution in [3.63, 3.8) is 0 Å². The largest absolute Gasteiger partial charge is 0.494 e. The lowest BCUT2D eigenvalue weighted by Crippen LogP contribution is -2.27. The maximum absolute atomic E-state index is 13.3. The summed E-state index contributed by atoms with van der Waals surface area (Å²) in [5.74, 6) is 0.296. The number of nitrogens with one attached hydrogen (secondary N) is 1. The summed E-state index contributed by atoms with van der Waals surface area (Å²) in [7, 11) is 1.36. The van der Waals surface area contributed by atoms with Crippen molar-refractivity contribution in [3.05, 3.63) is 74.2 Å². The molecule has 0 spiro atoms. The zero-order valence-corrected chi connectivity index (χ0v) is 19.7. The number of methoxy groups -OCH3 is 1. The number of non-ortho nitro benzene ring substituents is 1. The van der Waals surface area contributed by atoms with Gasteiger partial charge in [0, 0.05) is 23.3 Å². The molecule has 1 atom stereocenters. The minimum Gasteiger partial charge on any atom is -0.494 e. The molecule has 1 aliphatic rings. The predicted octanol–water partition coefficient (Wildman–Crippen LogP) is 3.83. The first kappa shape index (κ1) is 22.9. The first-order chi connectivity index (χ1) is 16.9. The van der Waals surface area contributed by atoms with Crippen molar-refractivity contribution < 1.29 is 14.5 Å². The van der Waals surface area contributed by atoms with Crippen molar-refractivity contribution in [3.8, 4) is 11.4 Å². The predicted molar refractivity (Wildman–Crippen MR) is 131 cm³/mol. The summed E-state index contributed by atoms with van der Waals surface area (Å²) in [5, 5.41) is 19.4. The Kier molecular flexibility index (Phi) is 5.91. The van der Waals surface area contributed by atoms with Gasteiger partial charge in [-0.25, -0.2) is 9.67 Å². The average Bonchev–Trinajstić information content (AvgIpc) is 3.44. The van der Waals surface area contributed by atoms with Crippen molar-refractivity contribution in [1.82, 2.24) is 19.3 Å². The van der Waals surface area contributed by atoms with Crippen LogP contribution in [0.1, 0.15) is 12.5 Å². The molecule has 0 saturated carbocycles. The number of benzene rings is 2. The zero-order chi connectivity index (χ0) is 24.7. The highest BCUT2D eigenvalue weighted by molar-refractivity contribution is 7.99. The molecule has 1 unspecified atom stereocenters. The van der Waals surface area contributed by atoms with Crippen LogP contribution in [0.3, 0.4) is 0 Å². The molecule has 0 radical (unpaired) electrons. The standard InChI is InChI=1S/C22H17ClN6O5S/c1-34-18-8-14(29(32)33)5-6-17(18)25-19(30)9-15-11-35-22-26-20-16(21(31)27(15)22)10-24-28(20)13-4-2-3-12(23)7-13/h2-8,10,15H,9,11H2,1H3,(H,25,30). The van der Waals surface area contributed by atoms with Crippen LogP contribution in [-0.4, -0.2) is 43.0 Å². The second-order valence-electron chi connectivity index (χ2n) is 7.70. The molecule has 0 aliphatic carbocycles. The summed E-state index contributed by atoms with van der Waals surface area (Å²) >= 11 is 7.48. The molecule has 13 heteroatoms. The SMILES string of the molecule is COc1cc([N+](=O)[O-])ccc1NC(=O)CC1CSc2nc3c(cnn3-c3cccc(Cl)c3)c(=O)n21. The minimum absolute atomic E-state index is 0.00959. The highest BCUT2D eigenvalue weighted by atomic mass is 35.5. The zero-order valence-electron chi connectivity index (χ0n) is 18.2. The van der Waals surface area contributed by atoms with E-state index in [-0.39, 0.29) is 29.3 Å². The Balaban J connectivity index is 1.41. The summed E-state index contributed by atoms with van der Waals surface area (Å²) in [5.41, 5.74) is 0.963. The quantitative estimate of drug-likeness (QED) is 0.234. The number of thioether (sulfide) groups is 1. The molecular formula is C22H17ClN6O5S. The fourth-order valence-corrected chi connectivity index (χ4v) is 5.20. The Bertz CT molecular complexity index is 1550. The Hall–Kier alpha value is -3.90. The molecule has 35 heavy (non-hydrogen) atoms. The van der Waals surface area contributed by atoms with Gasteiger partial charge in [0.25, 0.3) is 11.2 Å². The number of nitro groups is 1. The molecule has 5 rings (SSSR count). The molecule has 0 saturated heterocycles. The number of halogens is 1. The third kappa shape index (κ3) is 4.21. The van der Waals surface area contributed by atoms with Crippen molar-refractivity contribution in [2.45, 2.75) is 17.6 Å². The smallest absolute Gasteiger partial charge is 0.273 e. The Morgan fingerprint density at radius 1 is 1.34 bits per heavy atom. The average molecular weight is 513 g/mol. The number of hydrogen-bond donors (Lipinski definition) is 1. The van der Waals surface area contributed by atoms with E-state index in [1.807, 2.05) is 6.07 Å². The van der Waals surface area contributed by atoms with Crippen LogP contribution in [0, 0.1) is 10.1 Å². The molecule has 1 amide bonds. The van der Waals surface area contributed by atoms with Gasteiger partial charge in [0.2, 0.25) is 5.91 Å². The van der Waals surface area contributed by atoms with E-state index in [0.29, 0.717) is 38.3 Å². The molecule has 3 heterocycles. The molecule has 0 fully saturated rings. The van der Waals surface area contributed by atoms with Gasteiger partial charge in [-0.15, -0.1) is 0 Å². The number of carbonyl (C=O) groups excluding carboxylic acids is 1. The van der Waals surface area contributed by atoms with Gasteiger partial charge < -0.3 is 10.1 Å². The van der Waals surface area contributed by atoms with Crippen LogP contribution < -0.4 is 15.6 Å². The number of hydrogen-bond acceptors (Lipinski definition) is 8. The van der Waals surface area contributed by atoms with Crippen molar-refractivity contribution in [1.29, 1.82) is 0 Å². The van der Waals surface area contributed by atoms with Gasteiger partial charge in [-0.1, -0.05) is 29.4 Å². The number of carbonyl (C=O) groups is 1. The lowest BCUT2D eigenvalue weighted by atomic mass is 10.2. The van der Waals surface area contributed by atoms with E-state index in [4.69, 9.17) is 16.3 Å². The molecule has 1 aliphatic heterocycles. The second kappa shape index (κ2) is 9.04. The van der Waals surface area contributed by atoms with Gasteiger partial charge in [0.15, 0.2) is 10.8 Å². The van der Waals surface area contributed by atoms with Crippen LogP contribution in [0.2, 0.25) is 5.02 Å². The van der Waals surface area contributed by atoms with Gasteiger partial charge in [0.1, 0.15) is 11.1 Å². The van der Waals surface area contributed by atoms with Crippen LogP contribution >= 0.6 is 23.4 Å². The van der Waals surface area contributed by atoms with E-state index in [1.165, 1.54) is 47.8 Å². The normalized spacial score (nSPS) is 14.6. The number of nitrogens with zero attached hydrogens (tertiary/aromatic N) is 5. The van der Waals surface area contributed by atoms with Crippen molar-refractivity contribution in [2.24, 2.45) is 0 Å². The molecule has 1 N–H and O–H groups in total. The lowest BCUT2D eigenvalue weighted by molar-refractivity contribution is -0.384. The number of aromatic nitrogens is 4. The lowest BCUT2D eigenvalue weighted by Gasteiger charge is -2.14. The first-order valence-corrected chi connectivity index (χ1v) is 11.7. The van der Waals surface area contributed by atoms with E-state index in [1.54, 1.807) is 22.9 Å². The second-order valence-corrected chi connectivity index (χ2v) is 9.13. The van der Waals surface area contributed by atoms with Crippen LogP contribution in [0.25, 0.3) is 16.7 Å². The van der Waals surface area contributed by atoms with Crippen LogP contribution in [0.5, 0.6) is 5.75 Å². The number of nitro benzene ring substituents is 1. The Morgan fingerprint density at radius 3 is 2.91 bits per heavy atom. The number of anilines is 1. The van der Waals surface area contributed by atoms with E-state index in [2.05, 4.69) is 15.4 Å². The van der Waals surface area contributed by atoms with Crippen LogP contribution in [0.15, 0.2) is 58.6 Å². The van der Waals surface area contributed by atoms with Gasteiger partial charge in [0.05, 0.1) is 41.7 Å². The van der Waals surface area contributed by atoms with Crippen LogP contribution in [0.4, 0.5) is 11.4 Å². The maximum Gasteiger partial charge on any atom is 0.273 e. The fraction of sp³-hybridized carbons (Fsp3) is 0.182. The minimum atomic E-state index is -0.546. The molecule has 11 nitrogen and oxygen atoms in total. The summed E-state index contributed by atoms with van der Waals surface area (Å²) < 4.78 is 8.25. The van der Waals surface area contributed by atoms with Crippen LogP contribution in [-0.2, 0) is 4.79 Å². The third-order valence-electron chi connectivity index (χ3n) is 5.51. The van der Waals surface area contributed by atoms with E-state index >= 15 is 0 Å².